The summed E-state index contributed by atoms with van der Waals surface area (Å²) >= 11 is 6.56. The number of aromatic nitrogens is 2. The molecule has 4 aliphatic rings. The molecule has 57 heavy (non-hydrogen) atoms. The number of fused-ring (bicyclic) bond motifs is 2. The fraction of sp³-hybridized carbons (Fsp3) is 0.447. The molecular weight excluding hydrogens is 730 g/mol. The topological polar surface area (TPSA) is 79.9 Å². The molecule has 0 saturated carbocycles. The molecule has 4 saturated heterocycles. The number of aromatic amines is 1. The highest BCUT2D eigenvalue weighted by Gasteiger charge is 2.28. The molecule has 5 aromatic rings. The summed E-state index contributed by atoms with van der Waals surface area (Å²) in [4.78, 5) is 36.9. The Labute approximate surface area is 342 Å². The Morgan fingerprint density at radius 2 is 1.51 bits per heavy atom. The van der Waals surface area contributed by atoms with Gasteiger partial charge in [0.05, 0.1) is 16.2 Å². The number of H-pyrrole nitrogens is 1. The van der Waals surface area contributed by atoms with Crippen molar-refractivity contribution in [2.45, 2.75) is 77.2 Å². The zero-order chi connectivity index (χ0) is 39.5. The van der Waals surface area contributed by atoms with E-state index in [1.807, 2.05) is 24.4 Å². The van der Waals surface area contributed by atoms with E-state index >= 15 is 0 Å². The number of hydrogen-bond acceptors (Lipinski definition) is 5. The normalized spacial score (nSPS) is 19.2. The van der Waals surface area contributed by atoms with Crippen molar-refractivity contribution < 1.29 is 9.59 Å². The standard InChI is InChI=1S/C44H50ClN7O2.C3H8/c1-2-31-28-46-43-40(10-8-38(45)42(31)43)50-23-13-33(14-24-50)32-3-5-35(6-4-32)49-21-11-30(12-22-49)29-48-19-16-36(17-20-48)51-25-15-34-27-37(7-9-39(34)51)52-26-18-41(53)47-44(52)54;1-3-2/h2-10,15,25,27-28,30,33,36,46H,1,11-14,16-24,26,29H2,(H,47,53,54);3H2,1-2H3. The van der Waals surface area contributed by atoms with Crippen LogP contribution in [0.4, 0.5) is 21.9 Å². The minimum absolute atomic E-state index is 0.206. The second-order valence-corrected chi connectivity index (χ2v) is 16.9. The molecule has 300 valence electrons. The van der Waals surface area contributed by atoms with Crippen LogP contribution < -0.4 is 20.0 Å². The monoisotopic (exact) mass is 787 g/mol. The van der Waals surface area contributed by atoms with Gasteiger partial charge in [0.15, 0.2) is 0 Å². The van der Waals surface area contributed by atoms with Gasteiger partial charge < -0.3 is 24.3 Å². The third-order valence-electron chi connectivity index (χ3n) is 12.7. The summed E-state index contributed by atoms with van der Waals surface area (Å²) in [5.74, 6) is 1.14. The molecule has 9 rings (SSSR count). The Balaban J connectivity index is 0.00000147. The Morgan fingerprint density at radius 3 is 2.21 bits per heavy atom. The molecule has 4 fully saturated rings. The Bertz CT molecular complexity index is 2180. The summed E-state index contributed by atoms with van der Waals surface area (Å²) in [7, 11) is 0. The molecule has 3 amide bonds. The van der Waals surface area contributed by atoms with Crippen LogP contribution in [0.2, 0.25) is 5.02 Å². The van der Waals surface area contributed by atoms with Crippen LogP contribution in [0.3, 0.4) is 0 Å². The SMILES string of the molecule is C=Cc1c[nH]c2c(N3CCC(c4ccc(N5CCC(CN6CCC(n7ccc8cc(N9CCC(=O)NC9=O)ccc87)CC6)CC5)cc4)CC3)ccc(Cl)c12.CCC. The highest BCUT2D eigenvalue weighted by Crippen LogP contribution is 2.38. The van der Waals surface area contributed by atoms with Crippen molar-refractivity contribution in [3.8, 4) is 0 Å². The molecule has 9 nitrogen and oxygen atoms in total. The van der Waals surface area contributed by atoms with Crippen LogP contribution in [0.1, 0.15) is 88.3 Å². The molecule has 0 spiro atoms. The molecule has 0 radical (unpaired) electrons. The fourth-order valence-electron chi connectivity index (χ4n) is 9.62. The Kier molecular flexibility index (Phi) is 11.9. The van der Waals surface area contributed by atoms with Gasteiger partial charge >= 0.3 is 6.03 Å². The molecule has 0 atom stereocenters. The number of nitrogens with zero attached hydrogens (tertiary/aromatic N) is 5. The van der Waals surface area contributed by atoms with Crippen molar-refractivity contribution in [3.63, 3.8) is 0 Å². The molecule has 3 aromatic carbocycles. The Morgan fingerprint density at radius 1 is 0.807 bits per heavy atom. The molecule has 2 aromatic heterocycles. The van der Waals surface area contributed by atoms with Gasteiger partial charge in [0.1, 0.15) is 0 Å². The van der Waals surface area contributed by atoms with Gasteiger partial charge in [-0.15, -0.1) is 0 Å². The summed E-state index contributed by atoms with van der Waals surface area (Å²) < 4.78 is 2.43. The number of hydrogen-bond donors (Lipinski definition) is 2. The van der Waals surface area contributed by atoms with E-state index in [0.717, 1.165) is 103 Å². The summed E-state index contributed by atoms with van der Waals surface area (Å²) in [6, 6.07) is 22.2. The van der Waals surface area contributed by atoms with Crippen LogP contribution in [0, 0.1) is 5.92 Å². The average molecular weight is 788 g/mol. The lowest BCUT2D eigenvalue weighted by atomic mass is 9.88. The van der Waals surface area contributed by atoms with Gasteiger partial charge in [-0.05, 0) is 104 Å². The molecule has 4 aliphatic heterocycles. The van der Waals surface area contributed by atoms with Crippen LogP contribution in [-0.2, 0) is 4.79 Å². The molecule has 10 heteroatoms. The predicted molar refractivity (Wildman–Crippen MR) is 237 cm³/mol. The molecule has 0 unspecified atom stereocenters. The van der Waals surface area contributed by atoms with E-state index in [4.69, 9.17) is 11.6 Å². The van der Waals surface area contributed by atoms with Crippen LogP contribution in [0.25, 0.3) is 27.9 Å². The minimum atomic E-state index is -0.335. The first kappa shape index (κ1) is 39.1. The molecule has 0 aliphatic carbocycles. The Hall–Kier alpha value is -4.73. The lowest BCUT2D eigenvalue weighted by Gasteiger charge is -2.39. The number of anilines is 3. The second-order valence-electron chi connectivity index (χ2n) is 16.5. The maximum atomic E-state index is 12.4. The smallest absolute Gasteiger partial charge is 0.328 e. The maximum Gasteiger partial charge on any atom is 0.328 e. The lowest BCUT2D eigenvalue weighted by Crippen LogP contribution is -2.49. The van der Waals surface area contributed by atoms with Crippen molar-refractivity contribution in [1.29, 1.82) is 0 Å². The number of urea groups is 1. The summed E-state index contributed by atoms with van der Waals surface area (Å²) in [6.45, 7) is 16.4. The highest BCUT2D eigenvalue weighted by atomic mass is 35.5. The van der Waals surface area contributed by atoms with Gasteiger partial charge in [-0.25, -0.2) is 4.79 Å². The number of likely N-dealkylation sites (tertiary alicyclic amines) is 1. The number of imide groups is 1. The van der Waals surface area contributed by atoms with Gasteiger partial charge in [0.2, 0.25) is 5.91 Å². The van der Waals surface area contributed by atoms with E-state index in [1.54, 1.807) is 4.90 Å². The number of piperidine rings is 3. The van der Waals surface area contributed by atoms with Crippen LogP contribution >= 0.6 is 11.6 Å². The fourth-order valence-corrected chi connectivity index (χ4v) is 9.89. The first-order valence-corrected chi connectivity index (χ1v) is 21.7. The average Bonchev–Trinajstić information content (AvgIpc) is 3.87. The maximum absolute atomic E-state index is 12.4. The largest absolute Gasteiger partial charge is 0.372 e. The second kappa shape index (κ2) is 17.4. The minimum Gasteiger partial charge on any atom is -0.372 e. The van der Waals surface area contributed by atoms with Gasteiger partial charge in [-0.3, -0.25) is 15.0 Å². The van der Waals surface area contributed by atoms with Crippen molar-refractivity contribution in [1.82, 2.24) is 19.8 Å². The van der Waals surface area contributed by atoms with Crippen molar-refractivity contribution in [3.05, 3.63) is 95.8 Å². The first-order chi connectivity index (χ1) is 27.8. The molecule has 0 bridgehead atoms. The third kappa shape index (κ3) is 8.33. The van der Waals surface area contributed by atoms with Gasteiger partial charge in [-0.2, -0.15) is 0 Å². The van der Waals surface area contributed by atoms with Gasteiger partial charge in [0.25, 0.3) is 0 Å². The number of halogens is 1. The lowest BCUT2D eigenvalue weighted by molar-refractivity contribution is -0.120. The quantitative estimate of drug-likeness (QED) is 0.164. The zero-order valence-corrected chi connectivity index (χ0v) is 34.4. The van der Waals surface area contributed by atoms with E-state index in [9.17, 15) is 9.59 Å². The number of benzene rings is 3. The number of carbonyl (C=O) groups is 2. The summed E-state index contributed by atoms with van der Waals surface area (Å²) in [5, 5.41) is 5.41. The number of nitrogens with one attached hydrogen (secondary N) is 2. The van der Waals surface area contributed by atoms with E-state index < -0.39 is 0 Å². The van der Waals surface area contributed by atoms with E-state index in [-0.39, 0.29) is 11.9 Å². The van der Waals surface area contributed by atoms with Crippen molar-refractivity contribution >= 4 is 68.5 Å². The van der Waals surface area contributed by atoms with E-state index in [0.29, 0.717) is 24.9 Å². The van der Waals surface area contributed by atoms with E-state index in [2.05, 4.69) is 105 Å². The molecular formula is C47H58ClN7O2. The predicted octanol–water partition coefficient (Wildman–Crippen LogP) is 10.2. The van der Waals surface area contributed by atoms with Gasteiger partial charge in [-0.1, -0.05) is 56.7 Å². The van der Waals surface area contributed by atoms with Crippen molar-refractivity contribution in [2.24, 2.45) is 5.92 Å². The van der Waals surface area contributed by atoms with Crippen LogP contribution in [-0.4, -0.2) is 78.7 Å². The first-order valence-electron chi connectivity index (χ1n) is 21.3. The van der Waals surface area contributed by atoms with Gasteiger partial charge in [0, 0.05) is 110 Å². The number of amides is 3. The number of rotatable bonds is 8. The molecule has 2 N–H and O–H groups in total. The summed E-state index contributed by atoms with van der Waals surface area (Å²) in [5.41, 5.74) is 8.29. The van der Waals surface area contributed by atoms with Crippen molar-refractivity contribution in [2.75, 3.05) is 67.1 Å². The number of carbonyl (C=O) groups excluding carboxylic acids is 2. The third-order valence-corrected chi connectivity index (χ3v) is 13.0. The van der Waals surface area contributed by atoms with Crippen LogP contribution in [0.15, 0.2) is 79.6 Å². The van der Waals surface area contributed by atoms with E-state index in [1.165, 1.54) is 48.3 Å². The summed E-state index contributed by atoms with van der Waals surface area (Å²) in [6.07, 6.45) is 14.8. The molecule has 6 heterocycles. The zero-order valence-electron chi connectivity index (χ0n) is 33.7. The highest BCUT2D eigenvalue weighted by molar-refractivity contribution is 6.36. The van der Waals surface area contributed by atoms with Crippen LogP contribution in [0.5, 0.6) is 0 Å².